The average molecular weight is 418 g/mol. The van der Waals surface area contributed by atoms with Gasteiger partial charge in [-0.05, 0) is 63.0 Å². The van der Waals surface area contributed by atoms with Crippen molar-refractivity contribution in [1.29, 1.82) is 0 Å². The maximum absolute atomic E-state index is 13.0. The zero-order valence-corrected chi connectivity index (χ0v) is 18.6. The molecule has 2 aromatic carbocycles. The Bertz CT molecular complexity index is 1070. The summed E-state index contributed by atoms with van der Waals surface area (Å²) in [6, 6.07) is 16.3. The Balaban J connectivity index is 1.52. The number of nitrogens with zero attached hydrogens (tertiary/aromatic N) is 2. The van der Waals surface area contributed by atoms with Gasteiger partial charge in [0.1, 0.15) is 5.75 Å². The lowest BCUT2D eigenvalue weighted by molar-refractivity contribution is -0.120. The fourth-order valence-corrected chi connectivity index (χ4v) is 4.70. The number of carbonyl (C=O) groups is 1. The lowest BCUT2D eigenvalue weighted by Crippen LogP contribution is -2.37. The van der Waals surface area contributed by atoms with Gasteiger partial charge in [-0.3, -0.25) is 14.7 Å². The monoisotopic (exact) mass is 417 g/mol. The van der Waals surface area contributed by atoms with Crippen molar-refractivity contribution in [3.05, 3.63) is 70.9 Å². The minimum atomic E-state index is 0.0300. The molecule has 0 saturated carbocycles. The molecule has 1 fully saturated rings. The number of pyridine rings is 1. The van der Waals surface area contributed by atoms with Crippen LogP contribution in [0.1, 0.15) is 41.3 Å². The molecule has 5 heteroatoms. The van der Waals surface area contributed by atoms with Crippen LogP contribution in [0.5, 0.6) is 5.75 Å². The summed E-state index contributed by atoms with van der Waals surface area (Å²) in [4.78, 5) is 20.1. The molecule has 2 heterocycles. The van der Waals surface area contributed by atoms with Crippen LogP contribution in [0.25, 0.3) is 10.9 Å². The molecular formula is C26H31N3O2. The van der Waals surface area contributed by atoms with Crippen molar-refractivity contribution in [1.82, 2.24) is 15.2 Å². The molecule has 0 radical (unpaired) electrons. The molecule has 31 heavy (non-hydrogen) atoms. The number of hydrogen-bond acceptors (Lipinski definition) is 4. The predicted octanol–water partition coefficient (Wildman–Crippen LogP) is 4.36. The summed E-state index contributed by atoms with van der Waals surface area (Å²) in [5, 5.41) is 4.31. The van der Waals surface area contributed by atoms with Crippen molar-refractivity contribution in [2.24, 2.45) is 0 Å². The van der Waals surface area contributed by atoms with Crippen LogP contribution in [-0.2, 0) is 11.2 Å². The Kier molecular flexibility index (Phi) is 6.52. The van der Waals surface area contributed by atoms with Crippen LogP contribution in [0.3, 0.4) is 0 Å². The summed E-state index contributed by atoms with van der Waals surface area (Å²) < 4.78 is 5.61. The van der Waals surface area contributed by atoms with Gasteiger partial charge in [-0.25, -0.2) is 0 Å². The highest BCUT2D eigenvalue weighted by atomic mass is 16.5. The highest BCUT2D eigenvalue weighted by Gasteiger charge is 2.26. The molecule has 1 N–H and O–H groups in total. The van der Waals surface area contributed by atoms with Crippen LogP contribution in [0.2, 0.25) is 0 Å². The largest absolute Gasteiger partial charge is 0.496 e. The number of nitrogens with one attached hydrogen (secondary N) is 1. The zero-order chi connectivity index (χ0) is 21.8. The van der Waals surface area contributed by atoms with E-state index in [9.17, 15) is 4.79 Å². The van der Waals surface area contributed by atoms with Gasteiger partial charge in [-0.2, -0.15) is 0 Å². The summed E-state index contributed by atoms with van der Waals surface area (Å²) in [5.74, 6) is 0.904. The third-order valence-corrected chi connectivity index (χ3v) is 6.39. The molecule has 1 saturated heterocycles. The van der Waals surface area contributed by atoms with Gasteiger partial charge in [-0.1, -0.05) is 36.4 Å². The number of amides is 1. The molecule has 1 aliphatic heterocycles. The van der Waals surface area contributed by atoms with Gasteiger partial charge in [0.15, 0.2) is 0 Å². The minimum Gasteiger partial charge on any atom is -0.496 e. The minimum absolute atomic E-state index is 0.0300. The fraction of sp³-hybridized carbons (Fsp3) is 0.385. The predicted molar refractivity (Wildman–Crippen MR) is 124 cm³/mol. The maximum Gasteiger partial charge on any atom is 0.224 e. The average Bonchev–Trinajstić information content (AvgIpc) is 3.32. The van der Waals surface area contributed by atoms with Crippen LogP contribution in [-0.4, -0.2) is 42.5 Å². The number of aromatic nitrogens is 1. The SMILES string of the molecule is COc1ccccc1C(CNC(=O)Cc1c(C)nc2ccccc2c1C)N1CCCC1. The lowest BCUT2D eigenvalue weighted by Gasteiger charge is -2.29. The third-order valence-electron chi connectivity index (χ3n) is 6.39. The first kappa shape index (κ1) is 21.3. The van der Waals surface area contributed by atoms with Gasteiger partial charge >= 0.3 is 0 Å². The molecule has 1 amide bonds. The van der Waals surface area contributed by atoms with Crippen LogP contribution >= 0.6 is 0 Å². The van der Waals surface area contributed by atoms with Gasteiger partial charge in [-0.15, -0.1) is 0 Å². The highest BCUT2D eigenvalue weighted by molar-refractivity contribution is 5.86. The van der Waals surface area contributed by atoms with Gasteiger partial charge < -0.3 is 10.1 Å². The number of fused-ring (bicyclic) bond motifs is 1. The topological polar surface area (TPSA) is 54.5 Å². The number of ether oxygens (including phenoxy) is 1. The van der Waals surface area contributed by atoms with E-state index in [4.69, 9.17) is 9.72 Å². The number of carbonyl (C=O) groups excluding carboxylic acids is 1. The number of methoxy groups -OCH3 is 1. The lowest BCUT2D eigenvalue weighted by atomic mass is 9.99. The third kappa shape index (κ3) is 4.57. The second-order valence-corrected chi connectivity index (χ2v) is 8.30. The molecular weight excluding hydrogens is 386 g/mol. The molecule has 0 aliphatic carbocycles. The molecule has 1 aliphatic rings. The molecule has 4 rings (SSSR count). The van der Waals surface area contributed by atoms with E-state index in [-0.39, 0.29) is 11.9 Å². The van der Waals surface area contributed by atoms with Crippen LogP contribution < -0.4 is 10.1 Å². The first-order chi connectivity index (χ1) is 15.1. The van der Waals surface area contributed by atoms with Crippen molar-refractivity contribution in [2.45, 2.75) is 39.2 Å². The normalized spacial score (nSPS) is 15.2. The first-order valence-electron chi connectivity index (χ1n) is 11.1. The van der Waals surface area contributed by atoms with Crippen LogP contribution in [0.4, 0.5) is 0 Å². The van der Waals surface area contributed by atoms with E-state index in [1.807, 2.05) is 43.3 Å². The summed E-state index contributed by atoms with van der Waals surface area (Å²) in [5.41, 5.74) is 5.19. The Morgan fingerprint density at radius 1 is 1.10 bits per heavy atom. The van der Waals surface area contributed by atoms with E-state index in [1.54, 1.807) is 7.11 Å². The van der Waals surface area contributed by atoms with E-state index in [0.717, 1.165) is 52.1 Å². The van der Waals surface area contributed by atoms with Crippen LogP contribution in [0, 0.1) is 13.8 Å². The van der Waals surface area contributed by atoms with E-state index >= 15 is 0 Å². The Morgan fingerprint density at radius 2 is 1.81 bits per heavy atom. The molecule has 162 valence electrons. The Hall–Kier alpha value is -2.92. The summed E-state index contributed by atoms with van der Waals surface area (Å²) in [6.45, 7) is 6.74. The maximum atomic E-state index is 13.0. The zero-order valence-electron chi connectivity index (χ0n) is 18.6. The Morgan fingerprint density at radius 3 is 2.58 bits per heavy atom. The summed E-state index contributed by atoms with van der Waals surface area (Å²) in [7, 11) is 1.71. The number of rotatable bonds is 7. The second-order valence-electron chi connectivity index (χ2n) is 8.30. The van der Waals surface area contributed by atoms with Gasteiger partial charge in [0.2, 0.25) is 5.91 Å². The second kappa shape index (κ2) is 9.48. The summed E-state index contributed by atoms with van der Waals surface area (Å²) >= 11 is 0. The van der Waals surface area contributed by atoms with Crippen LogP contribution in [0.15, 0.2) is 48.5 Å². The molecule has 5 nitrogen and oxygen atoms in total. The Labute approximate surface area is 184 Å². The van der Waals surface area contributed by atoms with E-state index in [1.165, 1.54) is 12.8 Å². The number of para-hydroxylation sites is 2. The standard InChI is InChI=1S/C26H31N3O2/c1-18-20-10-4-6-12-23(20)28-19(2)22(18)16-26(30)27-17-24(29-14-8-9-15-29)21-11-5-7-13-25(21)31-3/h4-7,10-13,24H,8-9,14-17H2,1-3H3,(H,27,30). The molecule has 1 aromatic heterocycles. The number of likely N-dealkylation sites (tertiary alicyclic amines) is 1. The quantitative estimate of drug-likeness (QED) is 0.621. The number of benzene rings is 2. The fourth-order valence-electron chi connectivity index (χ4n) is 4.70. The van der Waals surface area contributed by atoms with Crippen molar-refractivity contribution >= 4 is 16.8 Å². The van der Waals surface area contributed by atoms with Gasteiger partial charge in [0.25, 0.3) is 0 Å². The summed E-state index contributed by atoms with van der Waals surface area (Å²) in [6.07, 6.45) is 2.73. The molecule has 3 aromatic rings. The molecule has 0 spiro atoms. The van der Waals surface area contributed by atoms with E-state index in [0.29, 0.717) is 13.0 Å². The van der Waals surface area contributed by atoms with Crippen molar-refractivity contribution in [3.8, 4) is 5.75 Å². The van der Waals surface area contributed by atoms with Crippen molar-refractivity contribution in [3.63, 3.8) is 0 Å². The first-order valence-corrected chi connectivity index (χ1v) is 11.1. The van der Waals surface area contributed by atoms with E-state index in [2.05, 4.69) is 29.3 Å². The van der Waals surface area contributed by atoms with Gasteiger partial charge in [0.05, 0.1) is 25.1 Å². The molecule has 1 atom stereocenters. The molecule has 1 unspecified atom stereocenters. The van der Waals surface area contributed by atoms with Crippen molar-refractivity contribution < 1.29 is 9.53 Å². The van der Waals surface area contributed by atoms with E-state index < -0.39 is 0 Å². The number of aryl methyl sites for hydroxylation is 2. The highest BCUT2D eigenvalue weighted by Crippen LogP contribution is 2.31. The van der Waals surface area contributed by atoms with Crippen molar-refractivity contribution in [2.75, 3.05) is 26.7 Å². The van der Waals surface area contributed by atoms with Gasteiger partial charge in [0, 0.05) is 23.2 Å². The smallest absolute Gasteiger partial charge is 0.224 e. The molecule has 0 bridgehead atoms. The number of hydrogen-bond donors (Lipinski definition) is 1.